The third-order valence-corrected chi connectivity index (χ3v) is 6.45. The predicted molar refractivity (Wildman–Crippen MR) is 134 cm³/mol. The number of aryl methyl sites for hydroxylation is 1. The van der Waals surface area contributed by atoms with Gasteiger partial charge in [0, 0.05) is 31.3 Å². The maximum Gasteiger partial charge on any atom is 0.162 e. The predicted octanol–water partition coefficient (Wildman–Crippen LogP) is 4.27. The molecule has 0 saturated heterocycles. The molecule has 5 nitrogen and oxygen atoms in total. The maximum absolute atomic E-state index is 13.8. The van der Waals surface area contributed by atoms with E-state index in [0.717, 1.165) is 23.8 Å². The molecule has 0 saturated carbocycles. The van der Waals surface area contributed by atoms with Crippen molar-refractivity contribution >= 4 is 11.6 Å². The van der Waals surface area contributed by atoms with E-state index < -0.39 is 29.8 Å². The van der Waals surface area contributed by atoms with Crippen molar-refractivity contribution in [2.24, 2.45) is 16.9 Å². The molecule has 3 unspecified atom stereocenters. The van der Waals surface area contributed by atoms with Crippen LogP contribution in [0.15, 0.2) is 48.5 Å². The second kappa shape index (κ2) is 13.6. The van der Waals surface area contributed by atoms with E-state index in [0.29, 0.717) is 25.7 Å². The molecule has 2 rings (SSSR count). The number of nitrogens with two attached hydrogens (primary N) is 2. The number of aliphatic hydroxyl groups is 1. The molecular weight excluding hydrogens is 450 g/mol. The van der Waals surface area contributed by atoms with Crippen molar-refractivity contribution in [3.63, 3.8) is 0 Å². The van der Waals surface area contributed by atoms with Crippen LogP contribution >= 0.6 is 0 Å². The Morgan fingerprint density at radius 2 is 1.66 bits per heavy atom. The largest absolute Gasteiger partial charge is 0.384 e. The molecule has 0 fully saturated rings. The molecule has 0 spiro atoms. The molecule has 192 valence electrons. The van der Waals surface area contributed by atoms with Crippen LogP contribution in [0.3, 0.4) is 0 Å². The minimum absolute atomic E-state index is 0.0586. The van der Waals surface area contributed by atoms with Crippen LogP contribution in [0.2, 0.25) is 0 Å². The van der Waals surface area contributed by atoms with Gasteiger partial charge in [-0.15, -0.1) is 0 Å². The Balaban J connectivity index is 1.72. The number of hydrogen-bond acceptors (Lipinski definition) is 5. The van der Waals surface area contributed by atoms with E-state index in [-0.39, 0.29) is 48.2 Å². The molecule has 5 N–H and O–H groups in total. The van der Waals surface area contributed by atoms with Crippen molar-refractivity contribution in [3.05, 3.63) is 71.3 Å². The molecule has 0 bridgehead atoms. The van der Waals surface area contributed by atoms with Crippen LogP contribution in [-0.4, -0.2) is 34.9 Å². The number of halogens is 2. The standard InChI is InChI=1S/C28H38F2N2O3/c1-28(2,14-12-23(33)18-22(31)17-20-16-21(29)9-10-24(20)30)15-13-26(34)27(35)25(32)11-8-19-6-4-3-5-7-19/h3-7,9-10,16,22,25,27,35H,8,11-15,17-18,31-32H2,1-2H3. The average Bonchev–Trinajstić information content (AvgIpc) is 2.82. The molecule has 0 aliphatic carbocycles. The van der Waals surface area contributed by atoms with Crippen molar-refractivity contribution in [2.45, 2.75) is 83.4 Å². The minimum atomic E-state index is -1.21. The van der Waals surface area contributed by atoms with E-state index in [1.807, 2.05) is 44.2 Å². The number of Topliss-reactive ketones (excluding diaryl/α,β-unsaturated/α-hetero) is 2. The Morgan fingerprint density at radius 3 is 2.34 bits per heavy atom. The molecule has 35 heavy (non-hydrogen) atoms. The van der Waals surface area contributed by atoms with E-state index in [2.05, 4.69) is 0 Å². The fraction of sp³-hybridized carbons (Fsp3) is 0.500. The highest BCUT2D eigenvalue weighted by molar-refractivity contribution is 5.83. The van der Waals surface area contributed by atoms with Crippen LogP contribution in [-0.2, 0) is 22.4 Å². The summed E-state index contributed by atoms with van der Waals surface area (Å²) in [6, 6.07) is 11.7. The van der Waals surface area contributed by atoms with Crippen LogP contribution in [0.1, 0.15) is 63.5 Å². The van der Waals surface area contributed by atoms with Crippen molar-refractivity contribution in [3.8, 4) is 0 Å². The van der Waals surface area contributed by atoms with Gasteiger partial charge in [0.05, 0.1) is 0 Å². The molecule has 0 heterocycles. The topological polar surface area (TPSA) is 106 Å². The zero-order valence-corrected chi connectivity index (χ0v) is 20.7. The van der Waals surface area contributed by atoms with Gasteiger partial charge in [-0.05, 0) is 66.8 Å². The lowest BCUT2D eigenvalue weighted by Crippen LogP contribution is -2.41. The van der Waals surface area contributed by atoms with Crippen molar-refractivity contribution in [1.82, 2.24) is 0 Å². The Morgan fingerprint density at radius 1 is 1.00 bits per heavy atom. The van der Waals surface area contributed by atoms with Crippen molar-refractivity contribution < 1.29 is 23.5 Å². The first kappa shape index (κ1) is 28.8. The van der Waals surface area contributed by atoms with Crippen molar-refractivity contribution in [1.29, 1.82) is 0 Å². The maximum atomic E-state index is 13.8. The number of rotatable bonds is 15. The molecule has 2 aromatic carbocycles. The summed E-state index contributed by atoms with van der Waals surface area (Å²) in [5.74, 6) is -1.43. The molecule has 2 aromatic rings. The Labute approximate surface area is 206 Å². The van der Waals surface area contributed by atoms with Gasteiger partial charge in [0.25, 0.3) is 0 Å². The summed E-state index contributed by atoms with van der Waals surface area (Å²) in [7, 11) is 0. The van der Waals surface area contributed by atoms with E-state index in [1.54, 1.807) is 0 Å². The van der Waals surface area contributed by atoms with E-state index in [1.165, 1.54) is 0 Å². The Bertz CT molecular complexity index is 966. The number of benzene rings is 2. The third-order valence-electron chi connectivity index (χ3n) is 6.45. The number of ketones is 2. The number of carbonyl (C=O) groups excluding carboxylic acids is 2. The molecule has 0 aromatic heterocycles. The molecule has 0 aliphatic rings. The second-order valence-electron chi connectivity index (χ2n) is 10.2. The van der Waals surface area contributed by atoms with E-state index >= 15 is 0 Å². The quantitative estimate of drug-likeness (QED) is 0.347. The lowest BCUT2D eigenvalue weighted by molar-refractivity contribution is -0.128. The van der Waals surface area contributed by atoms with Gasteiger partial charge < -0.3 is 16.6 Å². The van der Waals surface area contributed by atoms with Gasteiger partial charge in [-0.1, -0.05) is 44.2 Å². The normalized spacial score (nSPS) is 14.4. The smallest absolute Gasteiger partial charge is 0.162 e. The fourth-order valence-corrected chi connectivity index (χ4v) is 4.04. The average molecular weight is 489 g/mol. The molecule has 7 heteroatoms. The summed E-state index contributed by atoms with van der Waals surface area (Å²) in [6.07, 6.45) is 1.66. The van der Waals surface area contributed by atoms with Crippen LogP contribution in [0.5, 0.6) is 0 Å². The molecule has 0 aliphatic heterocycles. The van der Waals surface area contributed by atoms with E-state index in [4.69, 9.17) is 11.5 Å². The lowest BCUT2D eigenvalue weighted by atomic mass is 9.80. The number of aliphatic hydroxyl groups excluding tert-OH is 1. The first-order valence-electron chi connectivity index (χ1n) is 12.2. The third kappa shape index (κ3) is 10.3. The van der Waals surface area contributed by atoms with Crippen molar-refractivity contribution in [2.75, 3.05) is 0 Å². The SMILES string of the molecule is CC(C)(CCC(=O)CC(N)Cc1cc(F)ccc1F)CCC(=O)C(O)C(N)CCc1ccccc1. The molecule has 3 atom stereocenters. The van der Waals surface area contributed by atoms with E-state index in [9.17, 15) is 23.5 Å². The summed E-state index contributed by atoms with van der Waals surface area (Å²) in [4.78, 5) is 24.9. The van der Waals surface area contributed by atoms with Gasteiger partial charge in [-0.2, -0.15) is 0 Å². The first-order chi connectivity index (χ1) is 16.5. The highest BCUT2D eigenvalue weighted by atomic mass is 19.1. The number of carbonyl (C=O) groups is 2. The van der Waals surface area contributed by atoms with Gasteiger partial charge >= 0.3 is 0 Å². The van der Waals surface area contributed by atoms with Gasteiger partial charge in [-0.25, -0.2) is 8.78 Å². The first-order valence-corrected chi connectivity index (χ1v) is 12.2. The van der Waals surface area contributed by atoms with Gasteiger partial charge in [0.2, 0.25) is 0 Å². The fourth-order valence-electron chi connectivity index (χ4n) is 4.04. The second-order valence-corrected chi connectivity index (χ2v) is 10.2. The minimum Gasteiger partial charge on any atom is -0.384 e. The Kier molecular flexibility index (Phi) is 11.1. The highest BCUT2D eigenvalue weighted by Gasteiger charge is 2.26. The van der Waals surface area contributed by atoms with Gasteiger partial charge in [0.1, 0.15) is 23.5 Å². The lowest BCUT2D eigenvalue weighted by Gasteiger charge is -2.25. The summed E-state index contributed by atoms with van der Waals surface area (Å²) in [6.45, 7) is 3.94. The molecule has 0 amide bonds. The zero-order chi connectivity index (χ0) is 26.0. The van der Waals surface area contributed by atoms with Crippen LogP contribution in [0, 0.1) is 17.0 Å². The van der Waals surface area contributed by atoms with Crippen LogP contribution in [0.25, 0.3) is 0 Å². The Hall–Kier alpha value is -2.48. The summed E-state index contributed by atoms with van der Waals surface area (Å²) in [5.41, 5.74) is 13.0. The van der Waals surface area contributed by atoms with Crippen LogP contribution in [0.4, 0.5) is 8.78 Å². The van der Waals surface area contributed by atoms with Crippen LogP contribution < -0.4 is 11.5 Å². The summed E-state index contributed by atoms with van der Waals surface area (Å²) in [5, 5.41) is 10.3. The molecule has 0 radical (unpaired) electrons. The highest BCUT2D eigenvalue weighted by Crippen LogP contribution is 2.29. The monoisotopic (exact) mass is 488 g/mol. The number of hydrogen-bond donors (Lipinski definition) is 3. The summed E-state index contributed by atoms with van der Waals surface area (Å²) < 4.78 is 27.1. The zero-order valence-electron chi connectivity index (χ0n) is 20.7. The van der Waals surface area contributed by atoms with Gasteiger partial charge in [-0.3, -0.25) is 9.59 Å². The molecular formula is C28H38F2N2O3. The van der Waals surface area contributed by atoms with Gasteiger partial charge in [0.15, 0.2) is 5.78 Å². The summed E-state index contributed by atoms with van der Waals surface area (Å²) >= 11 is 0.